The second kappa shape index (κ2) is 11.3. The minimum absolute atomic E-state index is 0.0268. The molecule has 1 amide bonds. The van der Waals surface area contributed by atoms with Crippen molar-refractivity contribution >= 4 is 23.6 Å². The number of benzene rings is 2. The molecule has 3 N–H and O–H groups in total. The quantitative estimate of drug-likeness (QED) is 0.277. The lowest BCUT2D eigenvalue weighted by Gasteiger charge is -2.28. The summed E-state index contributed by atoms with van der Waals surface area (Å²) >= 11 is 0. The Bertz CT molecular complexity index is 1570. The Morgan fingerprint density at radius 1 is 1.08 bits per heavy atom. The van der Waals surface area contributed by atoms with Crippen LogP contribution in [-0.2, 0) is 17.9 Å². The van der Waals surface area contributed by atoms with Crippen LogP contribution in [-0.4, -0.2) is 59.1 Å². The Hall–Kier alpha value is -4.78. The van der Waals surface area contributed by atoms with Crippen LogP contribution in [0.1, 0.15) is 56.2 Å². The highest BCUT2D eigenvalue weighted by atomic mass is 19.2. The fourth-order valence-corrected chi connectivity index (χ4v) is 4.13. The number of carbonyl (C=O) groups is 3. The van der Waals surface area contributed by atoms with Crippen molar-refractivity contribution < 1.29 is 33.4 Å². The number of hydrogen-bond acceptors (Lipinski definition) is 7. The molecule has 13 heteroatoms. The molecule has 2 heterocycles. The van der Waals surface area contributed by atoms with E-state index in [2.05, 4.69) is 20.4 Å². The normalized spacial score (nSPS) is 12.0. The van der Waals surface area contributed by atoms with E-state index in [1.807, 2.05) is 0 Å². The Morgan fingerprint density at radius 3 is 2.51 bits per heavy atom. The third-order valence-electron chi connectivity index (χ3n) is 6.21. The first kappa shape index (κ1) is 27.3. The van der Waals surface area contributed by atoms with E-state index in [0.717, 1.165) is 12.1 Å². The molecule has 0 unspecified atom stereocenters. The number of halogens is 2. The Balaban J connectivity index is 1.61. The molecule has 0 saturated carbocycles. The van der Waals surface area contributed by atoms with Gasteiger partial charge in [-0.3, -0.25) is 14.5 Å². The first-order valence-corrected chi connectivity index (χ1v) is 11.7. The van der Waals surface area contributed by atoms with Crippen LogP contribution in [0.15, 0.2) is 48.8 Å². The van der Waals surface area contributed by atoms with Crippen molar-refractivity contribution in [1.82, 2.24) is 29.8 Å². The van der Waals surface area contributed by atoms with Crippen LogP contribution in [0.5, 0.6) is 0 Å². The van der Waals surface area contributed by atoms with Crippen molar-refractivity contribution in [3.63, 3.8) is 0 Å². The second-order valence-electron chi connectivity index (χ2n) is 8.89. The van der Waals surface area contributed by atoms with Gasteiger partial charge >= 0.3 is 11.9 Å². The highest BCUT2D eigenvalue weighted by Gasteiger charge is 2.23. The van der Waals surface area contributed by atoms with E-state index >= 15 is 0 Å². The summed E-state index contributed by atoms with van der Waals surface area (Å²) in [6, 6.07) is 9.07. The SMILES string of the molecule is Cc1cc([C@@H](C)N(CC(=O)O)Cc2cc(C(=O)NCc3ccc(F)c(F)c3)nc3ncnn23)ccc1C(=O)O. The van der Waals surface area contributed by atoms with Gasteiger partial charge in [0.15, 0.2) is 11.6 Å². The highest BCUT2D eigenvalue weighted by Crippen LogP contribution is 2.25. The molecule has 4 aromatic rings. The fourth-order valence-electron chi connectivity index (χ4n) is 4.13. The van der Waals surface area contributed by atoms with Gasteiger partial charge in [0.1, 0.15) is 12.0 Å². The third-order valence-corrected chi connectivity index (χ3v) is 6.21. The topological polar surface area (TPSA) is 150 Å². The van der Waals surface area contributed by atoms with Crippen molar-refractivity contribution in [2.45, 2.75) is 33.0 Å². The second-order valence-corrected chi connectivity index (χ2v) is 8.89. The number of carboxylic acids is 2. The molecule has 2 aromatic carbocycles. The molecule has 0 spiro atoms. The smallest absolute Gasteiger partial charge is 0.335 e. The summed E-state index contributed by atoms with van der Waals surface area (Å²) in [7, 11) is 0. The summed E-state index contributed by atoms with van der Waals surface area (Å²) in [6.07, 6.45) is 1.24. The number of carbonyl (C=O) groups excluding carboxylic acids is 1. The average molecular weight is 539 g/mol. The van der Waals surface area contributed by atoms with Crippen molar-refractivity contribution in [3.05, 3.63) is 94.1 Å². The molecule has 202 valence electrons. The summed E-state index contributed by atoms with van der Waals surface area (Å²) in [5, 5.41) is 25.6. The van der Waals surface area contributed by atoms with Gasteiger partial charge < -0.3 is 15.5 Å². The first-order valence-electron chi connectivity index (χ1n) is 11.7. The maximum Gasteiger partial charge on any atom is 0.335 e. The monoisotopic (exact) mass is 538 g/mol. The summed E-state index contributed by atoms with van der Waals surface area (Å²) < 4.78 is 28.1. The molecule has 0 aliphatic rings. The zero-order valence-corrected chi connectivity index (χ0v) is 20.9. The number of rotatable bonds is 10. The van der Waals surface area contributed by atoms with Crippen LogP contribution in [0, 0.1) is 18.6 Å². The molecule has 0 fully saturated rings. The number of nitrogens with zero attached hydrogens (tertiary/aromatic N) is 5. The Kier molecular flexibility index (Phi) is 7.91. The molecular formula is C26H24F2N6O5. The predicted molar refractivity (Wildman–Crippen MR) is 133 cm³/mol. The number of aromatic nitrogens is 4. The maximum atomic E-state index is 13.5. The molecule has 0 radical (unpaired) electrons. The highest BCUT2D eigenvalue weighted by molar-refractivity contribution is 5.92. The third kappa shape index (κ3) is 6.21. The van der Waals surface area contributed by atoms with Gasteiger partial charge in [-0.15, -0.1) is 0 Å². The van der Waals surface area contributed by atoms with E-state index in [9.17, 15) is 33.4 Å². The number of aromatic carboxylic acids is 1. The summed E-state index contributed by atoms with van der Waals surface area (Å²) in [6.45, 7) is 3.02. The van der Waals surface area contributed by atoms with Crippen molar-refractivity contribution in [3.8, 4) is 0 Å². The fraction of sp³-hybridized carbons (Fsp3) is 0.231. The number of fused-ring (bicyclic) bond motifs is 1. The first-order chi connectivity index (χ1) is 18.5. The van der Waals surface area contributed by atoms with E-state index in [1.54, 1.807) is 30.9 Å². The zero-order chi connectivity index (χ0) is 28.3. The lowest BCUT2D eigenvalue weighted by Crippen LogP contribution is -2.33. The predicted octanol–water partition coefficient (Wildman–Crippen LogP) is 2.99. The number of amides is 1. The van der Waals surface area contributed by atoms with E-state index in [1.165, 1.54) is 29.0 Å². The van der Waals surface area contributed by atoms with Gasteiger partial charge in [0.05, 0.1) is 17.8 Å². The largest absolute Gasteiger partial charge is 0.480 e. The molecule has 39 heavy (non-hydrogen) atoms. The van der Waals surface area contributed by atoms with Crippen molar-refractivity contribution in [1.29, 1.82) is 0 Å². The van der Waals surface area contributed by atoms with Crippen LogP contribution in [0.3, 0.4) is 0 Å². The number of aryl methyl sites for hydroxylation is 1. The molecular weight excluding hydrogens is 514 g/mol. The van der Waals surface area contributed by atoms with Gasteiger partial charge in [-0.2, -0.15) is 10.1 Å². The van der Waals surface area contributed by atoms with Gasteiger partial charge in [0.25, 0.3) is 11.7 Å². The van der Waals surface area contributed by atoms with Gasteiger partial charge in [0, 0.05) is 19.1 Å². The molecule has 2 aromatic heterocycles. The van der Waals surface area contributed by atoms with Crippen molar-refractivity contribution in [2.24, 2.45) is 0 Å². The molecule has 1 atom stereocenters. The summed E-state index contributed by atoms with van der Waals surface area (Å²) in [5.74, 6) is -4.68. The maximum absolute atomic E-state index is 13.5. The summed E-state index contributed by atoms with van der Waals surface area (Å²) in [4.78, 5) is 45.9. The molecule has 0 aliphatic carbocycles. The Morgan fingerprint density at radius 2 is 1.85 bits per heavy atom. The van der Waals surface area contributed by atoms with Gasteiger partial charge in [-0.1, -0.05) is 18.2 Å². The minimum atomic E-state index is -1.09. The number of carboxylic acid groups (broad SMARTS) is 2. The van der Waals surface area contributed by atoms with Gasteiger partial charge in [0.2, 0.25) is 0 Å². The molecule has 11 nitrogen and oxygen atoms in total. The number of aliphatic carboxylic acids is 1. The molecule has 0 aliphatic heterocycles. The van der Waals surface area contributed by atoms with Gasteiger partial charge in [-0.05, 0) is 54.8 Å². The van der Waals surface area contributed by atoms with E-state index in [0.29, 0.717) is 22.4 Å². The van der Waals surface area contributed by atoms with Crippen molar-refractivity contribution in [2.75, 3.05) is 6.54 Å². The van der Waals surface area contributed by atoms with Crippen LogP contribution in [0.4, 0.5) is 8.78 Å². The number of nitrogens with one attached hydrogen (secondary N) is 1. The lowest BCUT2D eigenvalue weighted by molar-refractivity contribution is -0.139. The summed E-state index contributed by atoms with van der Waals surface area (Å²) in [5.41, 5.74) is 2.11. The zero-order valence-electron chi connectivity index (χ0n) is 20.9. The standard InChI is InChI=1S/C26H24F2N6O5/c1-14-7-17(4-5-19(14)25(38)39)15(2)33(12-23(35)36)11-18-9-22(32-26-30-13-31-34(18)26)24(37)29-10-16-3-6-20(27)21(28)8-16/h3-9,13,15H,10-12H2,1-2H3,(H,29,37)(H,35,36)(H,38,39)/t15-/m1/s1. The van der Waals surface area contributed by atoms with E-state index in [4.69, 9.17) is 0 Å². The van der Waals surface area contributed by atoms with Crippen LogP contribution < -0.4 is 5.32 Å². The van der Waals surface area contributed by atoms with E-state index < -0.39 is 35.5 Å². The average Bonchev–Trinajstić information content (AvgIpc) is 3.37. The van der Waals surface area contributed by atoms with E-state index in [-0.39, 0.29) is 36.7 Å². The molecule has 0 saturated heterocycles. The molecule has 0 bridgehead atoms. The molecule has 4 rings (SSSR count). The van der Waals surface area contributed by atoms with Crippen LogP contribution >= 0.6 is 0 Å². The number of hydrogen-bond donors (Lipinski definition) is 3. The van der Waals surface area contributed by atoms with Crippen LogP contribution in [0.2, 0.25) is 0 Å². The minimum Gasteiger partial charge on any atom is -0.480 e. The van der Waals surface area contributed by atoms with Gasteiger partial charge in [-0.25, -0.2) is 23.1 Å². The van der Waals surface area contributed by atoms with Crippen LogP contribution in [0.25, 0.3) is 5.78 Å². The lowest BCUT2D eigenvalue weighted by atomic mass is 10.00. The Labute approximate surface area is 220 Å².